The summed E-state index contributed by atoms with van der Waals surface area (Å²) in [5.74, 6) is 0. The van der Waals surface area contributed by atoms with Gasteiger partial charge in [0.25, 0.3) is 0 Å². The molecule has 0 amide bonds. The maximum atomic E-state index is 9.33. The van der Waals surface area contributed by atoms with Gasteiger partial charge in [-0.25, -0.2) is 0 Å². The van der Waals surface area contributed by atoms with Gasteiger partial charge in [-0.2, -0.15) is 0 Å². The maximum absolute atomic E-state index is 9.33. The fourth-order valence-corrected chi connectivity index (χ4v) is 4.92. The van der Waals surface area contributed by atoms with Crippen molar-refractivity contribution in [1.29, 1.82) is 0 Å². The summed E-state index contributed by atoms with van der Waals surface area (Å²) in [5.41, 5.74) is 0. The first-order chi connectivity index (χ1) is 13.8. The molecule has 3 N–H and O–H groups in total. The molecule has 0 unspecified atom stereocenters. The van der Waals surface area contributed by atoms with Gasteiger partial charge in [0.05, 0.1) is 26.7 Å². The average molecular weight is 468 g/mol. The second-order valence-corrected chi connectivity index (χ2v) is 11.7. The van der Waals surface area contributed by atoms with Crippen molar-refractivity contribution in [3.8, 4) is 0 Å². The van der Waals surface area contributed by atoms with Crippen LogP contribution in [0.1, 0.15) is 123 Å². The minimum absolute atomic E-state index is 0. The molecule has 0 aromatic carbocycles. The largest absolute Gasteiger partial charge is 1.00 e. The van der Waals surface area contributed by atoms with E-state index in [1.807, 2.05) is 0 Å². The van der Waals surface area contributed by atoms with E-state index in [9.17, 15) is 14.4 Å². The molecule has 0 atom stereocenters. The summed E-state index contributed by atoms with van der Waals surface area (Å²) in [5, 5.41) is 0. The zero-order valence-corrected chi connectivity index (χ0v) is 22.3. The average Bonchev–Trinajstić information content (AvgIpc) is 2.65. The smallest absolute Gasteiger partial charge is 0.492 e. The van der Waals surface area contributed by atoms with Crippen molar-refractivity contribution in [2.45, 2.75) is 129 Å². The lowest BCUT2D eigenvalue weighted by Gasteiger charge is -2.35. The van der Waals surface area contributed by atoms with E-state index >= 15 is 0 Å². The van der Waals surface area contributed by atoms with Crippen LogP contribution in [0.3, 0.4) is 0 Å². The van der Waals surface area contributed by atoms with Crippen LogP contribution in [0.15, 0.2) is 0 Å². The van der Waals surface area contributed by atoms with Crippen LogP contribution >= 0.6 is 0 Å². The Morgan fingerprint density at radius 3 is 1.13 bits per heavy atom. The highest BCUT2D eigenvalue weighted by atomic mass is 35.5. The molecule has 0 heterocycles. The van der Waals surface area contributed by atoms with Crippen LogP contribution in [0, 0.1) is 0 Å². The van der Waals surface area contributed by atoms with E-state index in [1.54, 1.807) is 0 Å². The van der Waals surface area contributed by atoms with Gasteiger partial charge < -0.3 is 31.3 Å². The van der Waals surface area contributed by atoms with Gasteiger partial charge in [-0.05, 0) is 25.7 Å². The maximum Gasteiger partial charge on any atom is 0.492 e. The van der Waals surface area contributed by atoms with Crippen molar-refractivity contribution in [3.05, 3.63) is 0 Å². The third-order valence-corrected chi connectivity index (χ3v) is 7.34. The van der Waals surface area contributed by atoms with E-state index in [2.05, 4.69) is 20.9 Å². The summed E-state index contributed by atoms with van der Waals surface area (Å²) in [6, 6.07) is 0.176. The third-order valence-electron chi connectivity index (χ3n) is 6.31. The standard InChI is InChI=1S/C24H54NO3Si.ClH/c1-4-6-8-10-12-14-16-18-21-25(3,23-20-24-29(26,27)28)22-19-17-15-13-11-9-7-5-2;/h26-28H,4-24H2,1-3H3;1H/q+1;/p-1. The van der Waals surface area contributed by atoms with Crippen molar-refractivity contribution >= 4 is 8.80 Å². The lowest BCUT2D eigenvalue weighted by molar-refractivity contribution is -0.910. The molecule has 0 fully saturated rings. The van der Waals surface area contributed by atoms with E-state index in [1.165, 1.54) is 116 Å². The first-order valence-electron chi connectivity index (χ1n) is 12.8. The monoisotopic (exact) mass is 467 g/mol. The summed E-state index contributed by atoms with van der Waals surface area (Å²) < 4.78 is 1.02. The van der Waals surface area contributed by atoms with E-state index < -0.39 is 8.80 Å². The molecule has 0 bridgehead atoms. The van der Waals surface area contributed by atoms with Gasteiger partial charge in [-0.15, -0.1) is 0 Å². The number of hydrogen-bond acceptors (Lipinski definition) is 3. The quantitative estimate of drug-likeness (QED) is 0.130. The van der Waals surface area contributed by atoms with E-state index in [4.69, 9.17) is 0 Å². The number of unbranched alkanes of at least 4 members (excludes halogenated alkanes) is 14. The molecule has 184 valence electrons. The van der Waals surface area contributed by atoms with Crippen molar-refractivity contribution in [2.24, 2.45) is 0 Å². The SMILES string of the molecule is CCCCCCCCCC[N+](C)(CCCCCCCCCC)CCC[Si](O)(O)O.[Cl-]. The lowest BCUT2D eigenvalue weighted by atomic mass is 10.1. The number of quaternary nitrogens is 1. The van der Waals surface area contributed by atoms with E-state index in [0.717, 1.165) is 11.0 Å². The summed E-state index contributed by atoms with van der Waals surface area (Å²) in [4.78, 5) is 28.0. The zero-order valence-electron chi connectivity index (χ0n) is 20.5. The molecule has 0 radical (unpaired) electrons. The Morgan fingerprint density at radius 1 is 0.500 bits per heavy atom. The number of rotatable bonds is 22. The molecule has 0 spiro atoms. The van der Waals surface area contributed by atoms with Crippen molar-refractivity contribution in [2.75, 3.05) is 26.7 Å². The second kappa shape index (κ2) is 21.2. The minimum atomic E-state index is -3.89. The molecule has 0 saturated carbocycles. The molecule has 4 nitrogen and oxygen atoms in total. The highest BCUT2D eigenvalue weighted by molar-refractivity contribution is 6.56. The van der Waals surface area contributed by atoms with Gasteiger partial charge in [-0.3, -0.25) is 0 Å². The summed E-state index contributed by atoms with van der Waals surface area (Å²) in [6.07, 6.45) is 22.2. The Hall–Kier alpha value is 0.347. The van der Waals surface area contributed by atoms with Gasteiger partial charge in [0, 0.05) is 12.5 Å². The van der Waals surface area contributed by atoms with Gasteiger partial charge in [0.15, 0.2) is 0 Å². The molecule has 0 aromatic heterocycles. The van der Waals surface area contributed by atoms with Gasteiger partial charge in [0.1, 0.15) is 0 Å². The first-order valence-corrected chi connectivity index (χ1v) is 14.9. The van der Waals surface area contributed by atoms with Crippen LogP contribution in [0.4, 0.5) is 0 Å². The van der Waals surface area contributed by atoms with Crippen LogP contribution in [-0.4, -0.2) is 54.4 Å². The molecule has 0 rings (SSSR count). The normalized spacial score (nSPS) is 12.2. The molecule has 0 aliphatic heterocycles. The lowest BCUT2D eigenvalue weighted by Crippen LogP contribution is -3.00. The van der Waals surface area contributed by atoms with E-state index in [0.29, 0.717) is 6.42 Å². The molecule has 6 heteroatoms. The van der Waals surface area contributed by atoms with Crippen LogP contribution < -0.4 is 12.4 Å². The second-order valence-electron chi connectivity index (χ2n) is 9.62. The van der Waals surface area contributed by atoms with Crippen LogP contribution in [0.2, 0.25) is 6.04 Å². The Labute approximate surface area is 195 Å². The molecular formula is C24H54ClNO3Si. The predicted molar refractivity (Wildman–Crippen MR) is 128 cm³/mol. The summed E-state index contributed by atoms with van der Waals surface area (Å²) in [6.45, 7) is 7.85. The Kier molecular flexibility index (Phi) is 23.0. The van der Waals surface area contributed by atoms with Gasteiger partial charge in [-0.1, -0.05) is 90.9 Å². The van der Waals surface area contributed by atoms with Crippen LogP contribution in [-0.2, 0) is 0 Å². The summed E-state index contributed by atoms with van der Waals surface area (Å²) in [7, 11) is -1.56. The molecular weight excluding hydrogens is 414 g/mol. The topological polar surface area (TPSA) is 60.7 Å². The number of nitrogens with zero attached hydrogens (tertiary/aromatic N) is 1. The Balaban J connectivity index is 0. The van der Waals surface area contributed by atoms with Crippen molar-refractivity contribution in [3.63, 3.8) is 0 Å². The fourth-order valence-electron chi connectivity index (χ4n) is 4.29. The molecule has 0 aromatic rings. The van der Waals surface area contributed by atoms with E-state index in [-0.39, 0.29) is 18.5 Å². The van der Waals surface area contributed by atoms with Crippen LogP contribution in [0.5, 0.6) is 0 Å². The van der Waals surface area contributed by atoms with Gasteiger partial charge >= 0.3 is 8.80 Å². The highest BCUT2D eigenvalue weighted by Gasteiger charge is 2.29. The van der Waals surface area contributed by atoms with Crippen molar-refractivity contribution in [1.82, 2.24) is 0 Å². The predicted octanol–water partition coefficient (Wildman–Crippen LogP) is 3.02. The molecule has 30 heavy (non-hydrogen) atoms. The molecule has 0 saturated heterocycles. The first kappa shape index (κ1) is 32.5. The summed E-state index contributed by atoms with van der Waals surface area (Å²) >= 11 is 0. The van der Waals surface area contributed by atoms with Crippen LogP contribution in [0.25, 0.3) is 0 Å². The van der Waals surface area contributed by atoms with Crippen molar-refractivity contribution < 1.29 is 31.3 Å². The highest BCUT2D eigenvalue weighted by Crippen LogP contribution is 2.16. The zero-order chi connectivity index (χ0) is 21.8. The Morgan fingerprint density at radius 2 is 0.800 bits per heavy atom. The number of halogens is 1. The molecule has 0 aliphatic carbocycles. The minimum Gasteiger partial charge on any atom is -1.00 e. The fraction of sp³-hybridized carbons (Fsp3) is 1.00. The van der Waals surface area contributed by atoms with Gasteiger partial charge in [0.2, 0.25) is 0 Å². The number of hydrogen-bond donors (Lipinski definition) is 3. The third kappa shape index (κ3) is 23.0. The molecule has 0 aliphatic rings. The Bertz CT molecular complexity index is 334.